The molecule has 5 heteroatoms. The number of nitrogens with two attached hydrogens (primary N) is 1. The zero-order valence-electron chi connectivity index (χ0n) is 13.0. The number of hydrogen-bond donors (Lipinski definition) is 2. The van der Waals surface area contributed by atoms with Crippen molar-refractivity contribution in [2.45, 2.75) is 25.0 Å². The van der Waals surface area contributed by atoms with Crippen LogP contribution < -0.4 is 11.1 Å². The van der Waals surface area contributed by atoms with Crippen LogP contribution in [0.3, 0.4) is 0 Å². The van der Waals surface area contributed by atoms with Gasteiger partial charge in [-0.05, 0) is 18.6 Å². The fourth-order valence-electron chi connectivity index (χ4n) is 4.32. The van der Waals surface area contributed by atoms with Gasteiger partial charge >= 0.3 is 0 Å². The van der Waals surface area contributed by atoms with Crippen LogP contribution in [0.1, 0.15) is 22.6 Å². The fraction of sp³-hybridized carbons (Fsp3) is 0.444. The molecule has 23 heavy (non-hydrogen) atoms. The number of nitrogens with one attached hydrogen (secondary N) is 1. The van der Waals surface area contributed by atoms with Gasteiger partial charge in [0, 0.05) is 42.4 Å². The molecule has 1 aromatic heterocycles. The molecule has 0 aliphatic carbocycles. The van der Waals surface area contributed by atoms with Crippen LogP contribution in [0.5, 0.6) is 0 Å². The van der Waals surface area contributed by atoms with Crippen molar-refractivity contribution < 1.29 is 4.74 Å². The smallest absolute Gasteiger partial charge is 0.191 e. The van der Waals surface area contributed by atoms with Gasteiger partial charge < -0.3 is 20.7 Å². The van der Waals surface area contributed by atoms with Gasteiger partial charge in [0.15, 0.2) is 5.88 Å². The highest BCUT2D eigenvalue weighted by atomic mass is 32.1. The Labute approximate surface area is 140 Å². The molecule has 1 unspecified atom stereocenters. The number of allylic oxidation sites excluding steroid dienone is 1. The number of thiophene rings is 1. The third kappa shape index (κ3) is 2.00. The van der Waals surface area contributed by atoms with Gasteiger partial charge in [0.05, 0.1) is 17.1 Å². The molecule has 0 saturated carbocycles. The van der Waals surface area contributed by atoms with Gasteiger partial charge in [0.1, 0.15) is 5.60 Å². The van der Waals surface area contributed by atoms with Crippen molar-refractivity contribution in [3.63, 3.8) is 0 Å². The Balaban J connectivity index is 1.46. The molecule has 4 nitrogen and oxygen atoms in total. The Morgan fingerprint density at radius 1 is 1.43 bits per heavy atom. The van der Waals surface area contributed by atoms with Crippen molar-refractivity contribution in [2.24, 2.45) is 11.7 Å². The van der Waals surface area contributed by atoms with Gasteiger partial charge in [-0.15, -0.1) is 11.3 Å². The van der Waals surface area contributed by atoms with E-state index in [4.69, 9.17) is 10.5 Å². The second-order valence-corrected chi connectivity index (χ2v) is 7.99. The van der Waals surface area contributed by atoms with Crippen LogP contribution in [-0.4, -0.2) is 30.1 Å². The van der Waals surface area contributed by atoms with E-state index in [0.29, 0.717) is 12.5 Å². The molecule has 1 fully saturated rings. The molecule has 2 atom stereocenters. The number of dihydropyridines is 1. The summed E-state index contributed by atoms with van der Waals surface area (Å²) in [6, 6.07) is 4.37. The summed E-state index contributed by atoms with van der Waals surface area (Å²) in [5.74, 6) is 1.50. The Kier molecular flexibility index (Phi) is 2.91. The normalized spacial score (nSPS) is 31.3. The predicted octanol–water partition coefficient (Wildman–Crippen LogP) is 2.41. The first-order valence-corrected chi connectivity index (χ1v) is 9.17. The van der Waals surface area contributed by atoms with Crippen LogP contribution in [0.4, 0.5) is 0 Å². The Morgan fingerprint density at radius 2 is 2.39 bits per heavy atom. The molecule has 0 amide bonds. The number of ether oxygens (including phenoxy) is 1. The Hall–Kier alpha value is -1.72. The molecular formula is C18H21N3OS. The maximum atomic E-state index is 6.45. The van der Waals surface area contributed by atoms with Crippen molar-refractivity contribution in [3.8, 4) is 0 Å². The number of nitrogens with zero attached hydrogens (tertiary/aromatic N) is 1. The average Bonchev–Trinajstić information content (AvgIpc) is 3.19. The summed E-state index contributed by atoms with van der Waals surface area (Å²) in [4.78, 5) is 5.11. The molecule has 2 bridgehead atoms. The SMILES string of the molecule is NCc1ccc(C2=CC3CCN2C[C@@]32CC3=C(NCC=C3)O2)s1. The van der Waals surface area contributed by atoms with E-state index in [-0.39, 0.29) is 5.60 Å². The highest BCUT2D eigenvalue weighted by Crippen LogP contribution is 2.50. The largest absolute Gasteiger partial charge is 0.470 e. The molecular weight excluding hydrogens is 306 g/mol. The standard InChI is InChI=1S/C18H21N3OS/c19-10-14-3-4-16(23-14)15-8-13-5-7-21(15)11-18(13)9-12-2-1-6-20-17(12)22-18/h1-4,8,13,20H,5-7,9-11,19H2/t13?,18-/m0/s1. The lowest BCUT2D eigenvalue weighted by molar-refractivity contribution is -0.0644. The van der Waals surface area contributed by atoms with Crippen LogP contribution in [0.15, 0.2) is 41.8 Å². The van der Waals surface area contributed by atoms with E-state index in [1.165, 1.54) is 27.4 Å². The lowest BCUT2D eigenvalue weighted by Gasteiger charge is -2.50. The van der Waals surface area contributed by atoms with Gasteiger partial charge in [0.25, 0.3) is 0 Å². The van der Waals surface area contributed by atoms with E-state index >= 15 is 0 Å². The van der Waals surface area contributed by atoms with Crippen LogP contribution >= 0.6 is 11.3 Å². The monoisotopic (exact) mass is 327 g/mol. The second kappa shape index (κ2) is 4.89. The van der Waals surface area contributed by atoms with Gasteiger partial charge in [-0.2, -0.15) is 0 Å². The quantitative estimate of drug-likeness (QED) is 0.876. The zero-order valence-corrected chi connectivity index (χ0v) is 13.9. The van der Waals surface area contributed by atoms with Crippen LogP contribution in [0, 0.1) is 5.92 Å². The van der Waals surface area contributed by atoms with E-state index in [1.54, 1.807) is 0 Å². The van der Waals surface area contributed by atoms with Crippen molar-refractivity contribution in [2.75, 3.05) is 19.6 Å². The van der Waals surface area contributed by atoms with Gasteiger partial charge in [0.2, 0.25) is 0 Å². The summed E-state index contributed by atoms with van der Waals surface area (Å²) in [7, 11) is 0. The highest BCUT2D eigenvalue weighted by molar-refractivity contribution is 7.13. The summed E-state index contributed by atoms with van der Waals surface area (Å²) in [5.41, 5.74) is 8.42. The van der Waals surface area contributed by atoms with E-state index in [0.717, 1.165) is 31.9 Å². The molecule has 1 aromatic rings. The first-order valence-electron chi connectivity index (χ1n) is 8.36. The first kappa shape index (κ1) is 13.7. The predicted molar refractivity (Wildman–Crippen MR) is 92.5 cm³/mol. The highest BCUT2D eigenvalue weighted by Gasteiger charge is 2.52. The molecule has 1 saturated heterocycles. The lowest BCUT2D eigenvalue weighted by atomic mass is 9.74. The van der Waals surface area contributed by atoms with Crippen molar-refractivity contribution in [3.05, 3.63) is 51.6 Å². The Bertz CT molecular complexity index is 747. The minimum Gasteiger partial charge on any atom is -0.470 e. The van der Waals surface area contributed by atoms with Crippen molar-refractivity contribution >= 4 is 17.0 Å². The maximum Gasteiger partial charge on any atom is 0.191 e. The van der Waals surface area contributed by atoms with Crippen molar-refractivity contribution in [1.29, 1.82) is 0 Å². The fourth-order valence-corrected chi connectivity index (χ4v) is 5.26. The zero-order chi connectivity index (χ0) is 15.4. The van der Waals surface area contributed by atoms with Crippen molar-refractivity contribution in [1.82, 2.24) is 10.2 Å². The third-order valence-electron chi connectivity index (χ3n) is 5.45. The molecule has 120 valence electrons. The minimum absolute atomic E-state index is 0.0674. The number of hydrogen-bond acceptors (Lipinski definition) is 5. The molecule has 6 rings (SSSR count). The number of rotatable bonds is 2. The van der Waals surface area contributed by atoms with E-state index in [2.05, 4.69) is 40.6 Å². The molecule has 6 heterocycles. The van der Waals surface area contributed by atoms with E-state index in [1.807, 2.05) is 11.3 Å². The van der Waals surface area contributed by atoms with E-state index in [9.17, 15) is 0 Å². The molecule has 5 aliphatic heterocycles. The summed E-state index contributed by atoms with van der Waals surface area (Å²) < 4.78 is 6.45. The average molecular weight is 327 g/mol. The number of piperidine rings is 1. The third-order valence-corrected chi connectivity index (χ3v) is 6.58. The molecule has 3 N–H and O–H groups in total. The van der Waals surface area contributed by atoms with Crippen LogP contribution in [0.2, 0.25) is 0 Å². The second-order valence-electron chi connectivity index (χ2n) is 6.82. The first-order chi connectivity index (χ1) is 11.3. The summed E-state index contributed by atoms with van der Waals surface area (Å²) in [6.07, 6.45) is 9.07. The minimum atomic E-state index is -0.0674. The lowest BCUT2D eigenvalue weighted by Crippen LogP contribution is -2.56. The van der Waals surface area contributed by atoms with E-state index < -0.39 is 0 Å². The van der Waals surface area contributed by atoms with Gasteiger partial charge in [-0.25, -0.2) is 0 Å². The topological polar surface area (TPSA) is 50.5 Å². The summed E-state index contributed by atoms with van der Waals surface area (Å²) in [6.45, 7) is 3.62. The Morgan fingerprint density at radius 3 is 3.13 bits per heavy atom. The molecule has 0 radical (unpaired) electrons. The van der Waals surface area contributed by atoms with Crippen LogP contribution in [-0.2, 0) is 11.3 Å². The molecule has 0 aromatic carbocycles. The summed E-state index contributed by atoms with van der Waals surface area (Å²) in [5, 5.41) is 3.39. The molecule has 1 spiro atoms. The van der Waals surface area contributed by atoms with Gasteiger partial charge in [-0.3, -0.25) is 0 Å². The van der Waals surface area contributed by atoms with Gasteiger partial charge in [-0.1, -0.05) is 18.2 Å². The molecule has 5 aliphatic rings. The van der Waals surface area contributed by atoms with Crippen LogP contribution in [0.25, 0.3) is 5.70 Å². The summed E-state index contributed by atoms with van der Waals surface area (Å²) >= 11 is 1.82. The number of fused-ring (bicyclic) bond motifs is 1. The maximum absolute atomic E-state index is 6.45.